The summed E-state index contributed by atoms with van der Waals surface area (Å²) in [5.74, 6) is -1.68. The molecule has 1 heterocycles. The Hall–Kier alpha value is -1.74. The summed E-state index contributed by atoms with van der Waals surface area (Å²) >= 11 is 6.27. The fraction of sp³-hybridized carbons (Fsp3) is 0.400. The first-order valence-corrected chi connectivity index (χ1v) is 9.11. The lowest BCUT2D eigenvalue weighted by Gasteiger charge is -2.44. The molecule has 8 heteroatoms. The molecule has 4 N–H and O–H groups in total. The molecule has 3 rings (SSSR count). The number of ether oxygens (including phenoxy) is 2. The van der Waals surface area contributed by atoms with Crippen LogP contribution in [-0.4, -0.2) is 58.6 Å². The fourth-order valence-electron chi connectivity index (χ4n) is 3.26. The summed E-state index contributed by atoms with van der Waals surface area (Å²) in [6.45, 7) is -0.764. The van der Waals surface area contributed by atoms with Crippen LogP contribution in [0.25, 0.3) is 0 Å². The third-order valence-corrected chi connectivity index (χ3v) is 5.30. The fourth-order valence-corrected chi connectivity index (χ4v) is 3.45. The minimum absolute atomic E-state index is 0.0947. The van der Waals surface area contributed by atoms with E-state index in [-0.39, 0.29) is 5.56 Å². The van der Waals surface area contributed by atoms with Gasteiger partial charge in [-0.15, -0.1) is 0 Å². The molecule has 1 aliphatic heterocycles. The SMILES string of the molecule is COc1ccc(Cc2cc([C@@]3(O)O[C@H](CO)[C@H](F)[C@H](O)[C@H]3O)ccc2Cl)cc1. The van der Waals surface area contributed by atoms with Gasteiger partial charge in [-0.25, -0.2) is 4.39 Å². The Morgan fingerprint density at radius 3 is 2.46 bits per heavy atom. The van der Waals surface area contributed by atoms with Crippen molar-refractivity contribution in [3.05, 3.63) is 64.2 Å². The number of methoxy groups -OCH3 is 1. The third kappa shape index (κ3) is 3.87. The third-order valence-electron chi connectivity index (χ3n) is 4.93. The van der Waals surface area contributed by atoms with E-state index < -0.39 is 36.9 Å². The van der Waals surface area contributed by atoms with Gasteiger partial charge in [-0.2, -0.15) is 0 Å². The summed E-state index contributed by atoms with van der Waals surface area (Å²) in [5.41, 5.74) is 1.65. The van der Waals surface area contributed by atoms with Crippen LogP contribution < -0.4 is 4.74 Å². The van der Waals surface area contributed by atoms with Crippen molar-refractivity contribution in [2.75, 3.05) is 13.7 Å². The zero-order valence-electron chi connectivity index (χ0n) is 15.1. The van der Waals surface area contributed by atoms with Crippen LogP contribution in [0.4, 0.5) is 4.39 Å². The highest BCUT2D eigenvalue weighted by molar-refractivity contribution is 6.31. The molecule has 152 valence electrons. The first kappa shape index (κ1) is 21.0. The second-order valence-corrected chi connectivity index (χ2v) is 7.15. The number of hydrogen-bond donors (Lipinski definition) is 4. The van der Waals surface area contributed by atoms with Crippen LogP contribution in [-0.2, 0) is 16.9 Å². The Morgan fingerprint density at radius 1 is 1.18 bits per heavy atom. The van der Waals surface area contributed by atoms with Gasteiger partial charge in [0.05, 0.1) is 13.7 Å². The van der Waals surface area contributed by atoms with Gasteiger partial charge in [0.2, 0.25) is 5.79 Å². The summed E-state index contributed by atoms with van der Waals surface area (Å²) < 4.78 is 24.4. The summed E-state index contributed by atoms with van der Waals surface area (Å²) in [7, 11) is 1.57. The zero-order valence-corrected chi connectivity index (χ0v) is 15.9. The lowest BCUT2D eigenvalue weighted by Crippen LogP contribution is -2.62. The standard InChI is InChI=1S/C20H22ClFO6/c1-27-14-5-2-11(3-6-14)8-12-9-13(4-7-15(12)21)20(26)19(25)18(24)17(22)16(10-23)28-20/h2-7,9,16-19,23-26H,8,10H2,1H3/t16-,17+,18+,19-,20-/m1/s1. The normalized spacial score (nSPS) is 30.2. The van der Waals surface area contributed by atoms with E-state index >= 15 is 0 Å². The van der Waals surface area contributed by atoms with E-state index in [0.29, 0.717) is 22.8 Å². The Morgan fingerprint density at radius 2 is 1.86 bits per heavy atom. The van der Waals surface area contributed by atoms with Gasteiger partial charge in [0.25, 0.3) is 0 Å². The molecule has 0 aromatic heterocycles. The van der Waals surface area contributed by atoms with Crippen LogP contribution in [0.15, 0.2) is 42.5 Å². The molecule has 1 saturated heterocycles. The minimum atomic E-state index is -2.39. The van der Waals surface area contributed by atoms with Gasteiger partial charge in [-0.1, -0.05) is 29.8 Å². The molecule has 1 fully saturated rings. The lowest BCUT2D eigenvalue weighted by atomic mass is 9.87. The molecule has 0 saturated carbocycles. The summed E-state index contributed by atoms with van der Waals surface area (Å²) in [4.78, 5) is 0. The number of alkyl halides is 1. The Balaban J connectivity index is 1.92. The second-order valence-electron chi connectivity index (χ2n) is 6.75. The maximum absolute atomic E-state index is 14.0. The Labute approximate surface area is 166 Å². The van der Waals surface area contributed by atoms with Crippen LogP contribution in [0.1, 0.15) is 16.7 Å². The van der Waals surface area contributed by atoms with E-state index in [0.717, 1.165) is 5.56 Å². The topological polar surface area (TPSA) is 99.4 Å². The second kappa shape index (κ2) is 8.32. The van der Waals surface area contributed by atoms with Crippen LogP contribution in [0.2, 0.25) is 5.02 Å². The average molecular weight is 413 g/mol. The highest BCUT2D eigenvalue weighted by Crippen LogP contribution is 2.38. The lowest BCUT2D eigenvalue weighted by molar-refractivity contribution is -0.350. The molecule has 0 radical (unpaired) electrons. The van der Waals surface area contributed by atoms with E-state index in [1.807, 2.05) is 12.1 Å². The van der Waals surface area contributed by atoms with Gasteiger partial charge in [0, 0.05) is 10.6 Å². The van der Waals surface area contributed by atoms with Gasteiger partial charge >= 0.3 is 0 Å². The molecule has 2 aromatic rings. The van der Waals surface area contributed by atoms with Crippen molar-refractivity contribution in [1.29, 1.82) is 0 Å². The van der Waals surface area contributed by atoms with E-state index in [9.17, 15) is 24.8 Å². The van der Waals surface area contributed by atoms with E-state index in [1.54, 1.807) is 19.2 Å². The van der Waals surface area contributed by atoms with Crippen molar-refractivity contribution in [2.45, 2.75) is 36.7 Å². The van der Waals surface area contributed by atoms with Crippen LogP contribution >= 0.6 is 11.6 Å². The maximum Gasteiger partial charge on any atom is 0.222 e. The van der Waals surface area contributed by atoms with Gasteiger partial charge < -0.3 is 29.9 Å². The van der Waals surface area contributed by atoms with Crippen molar-refractivity contribution in [3.63, 3.8) is 0 Å². The molecular formula is C20H22ClFO6. The van der Waals surface area contributed by atoms with E-state index in [1.165, 1.54) is 18.2 Å². The molecule has 0 bridgehead atoms. The van der Waals surface area contributed by atoms with E-state index in [4.69, 9.17) is 21.1 Å². The Bertz CT molecular complexity index is 815. The van der Waals surface area contributed by atoms with Crippen molar-refractivity contribution in [1.82, 2.24) is 0 Å². The highest BCUT2D eigenvalue weighted by atomic mass is 35.5. The molecule has 28 heavy (non-hydrogen) atoms. The Kier molecular flexibility index (Phi) is 6.24. The molecule has 2 aromatic carbocycles. The highest BCUT2D eigenvalue weighted by Gasteiger charge is 2.54. The number of hydrogen-bond acceptors (Lipinski definition) is 6. The van der Waals surface area contributed by atoms with Gasteiger partial charge in [0.15, 0.2) is 6.17 Å². The first-order chi connectivity index (χ1) is 13.3. The summed E-state index contributed by atoms with van der Waals surface area (Å²) in [6.07, 6.45) is -6.96. The van der Waals surface area contributed by atoms with Crippen molar-refractivity contribution in [3.8, 4) is 5.75 Å². The smallest absolute Gasteiger partial charge is 0.222 e. The molecule has 0 aliphatic carbocycles. The molecule has 0 unspecified atom stereocenters. The van der Waals surface area contributed by atoms with Crippen LogP contribution in [0, 0.1) is 0 Å². The predicted octanol–water partition coefficient (Wildman–Crippen LogP) is 1.54. The zero-order chi connectivity index (χ0) is 20.5. The number of aliphatic hydroxyl groups excluding tert-OH is 3. The predicted molar refractivity (Wildman–Crippen MR) is 100 cm³/mol. The van der Waals surface area contributed by atoms with Crippen molar-refractivity contribution in [2.24, 2.45) is 0 Å². The molecule has 0 spiro atoms. The van der Waals surface area contributed by atoms with Crippen molar-refractivity contribution < 1.29 is 34.3 Å². The quantitative estimate of drug-likeness (QED) is 0.594. The van der Waals surface area contributed by atoms with Crippen LogP contribution in [0.5, 0.6) is 5.75 Å². The van der Waals surface area contributed by atoms with E-state index in [2.05, 4.69) is 0 Å². The molecule has 5 atom stereocenters. The van der Waals surface area contributed by atoms with Gasteiger partial charge in [-0.05, 0) is 41.8 Å². The molecular weight excluding hydrogens is 391 g/mol. The minimum Gasteiger partial charge on any atom is -0.497 e. The molecule has 6 nitrogen and oxygen atoms in total. The van der Waals surface area contributed by atoms with Gasteiger partial charge in [0.1, 0.15) is 24.1 Å². The summed E-state index contributed by atoms with van der Waals surface area (Å²) in [5, 5.41) is 40.8. The number of aliphatic hydroxyl groups is 4. The monoisotopic (exact) mass is 412 g/mol. The summed E-state index contributed by atoms with van der Waals surface area (Å²) in [6, 6.07) is 11.8. The molecule has 1 aliphatic rings. The number of halogens is 2. The number of rotatable bonds is 5. The molecule has 0 amide bonds. The van der Waals surface area contributed by atoms with Crippen molar-refractivity contribution >= 4 is 11.6 Å². The maximum atomic E-state index is 14.0. The number of benzene rings is 2. The van der Waals surface area contributed by atoms with Gasteiger partial charge in [-0.3, -0.25) is 0 Å². The first-order valence-electron chi connectivity index (χ1n) is 8.73. The largest absolute Gasteiger partial charge is 0.497 e. The average Bonchev–Trinajstić information content (AvgIpc) is 2.71. The van der Waals surface area contributed by atoms with Crippen LogP contribution in [0.3, 0.4) is 0 Å².